The minimum atomic E-state index is -0.00412. The number of carbonyl (C=O) groups is 1. The zero-order valence-corrected chi connectivity index (χ0v) is 11.5. The van der Waals surface area contributed by atoms with E-state index in [-0.39, 0.29) is 12.3 Å². The lowest BCUT2D eigenvalue weighted by Gasteiger charge is -2.06. The van der Waals surface area contributed by atoms with Crippen molar-refractivity contribution in [1.29, 1.82) is 0 Å². The van der Waals surface area contributed by atoms with E-state index in [4.69, 9.17) is 0 Å². The second-order valence-electron chi connectivity index (χ2n) is 4.81. The predicted octanol–water partition coefficient (Wildman–Crippen LogP) is 0.446. The van der Waals surface area contributed by atoms with Crippen LogP contribution in [0.2, 0.25) is 0 Å². The number of aromatic nitrogens is 6. The average Bonchev–Trinajstić information content (AvgIpc) is 3.09. The third-order valence-corrected chi connectivity index (χ3v) is 3.32. The Morgan fingerprint density at radius 2 is 2.24 bits per heavy atom. The van der Waals surface area contributed by atoms with E-state index >= 15 is 0 Å². The van der Waals surface area contributed by atoms with E-state index in [0.29, 0.717) is 11.5 Å². The first kappa shape index (κ1) is 13.4. The Balaban J connectivity index is 1.50. The smallest absolute Gasteiger partial charge is 0.204 e. The zero-order chi connectivity index (χ0) is 14.5. The molecule has 2 aromatic heterocycles. The zero-order valence-electron chi connectivity index (χ0n) is 11.5. The number of anilines is 1. The topological polar surface area (TPSA) is 114 Å². The largest absolute Gasteiger partial charge is 0.330 e. The molecule has 3 heterocycles. The van der Waals surface area contributed by atoms with Gasteiger partial charge in [0.15, 0.2) is 11.6 Å². The molecular weight excluding hydrogens is 272 g/mol. The first-order chi connectivity index (χ1) is 10.3. The van der Waals surface area contributed by atoms with Crippen LogP contribution in [0.5, 0.6) is 0 Å². The molecule has 3 rings (SSSR count). The normalized spacial score (nSPS) is 13.8. The number of aliphatic imine (C=N–C) groups is 1. The molecule has 0 bridgehead atoms. The van der Waals surface area contributed by atoms with Crippen molar-refractivity contribution in [3.63, 3.8) is 0 Å². The van der Waals surface area contributed by atoms with Crippen LogP contribution in [0.1, 0.15) is 35.6 Å². The molecule has 0 radical (unpaired) electrons. The van der Waals surface area contributed by atoms with Crippen LogP contribution in [0.25, 0.3) is 0 Å². The fraction of sp³-hybridized carbons (Fsp3) is 0.500. The number of rotatable bonds is 6. The summed E-state index contributed by atoms with van der Waals surface area (Å²) in [6.45, 7) is 0.936. The maximum absolute atomic E-state index is 12.0. The lowest BCUT2D eigenvalue weighted by Crippen LogP contribution is -2.11. The third-order valence-electron chi connectivity index (χ3n) is 3.32. The maximum atomic E-state index is 12.0. The van der Waals surface area contributed by atoms with Gasteiger partial charge in [-0.25, -0.2) is 4.98 Å². The predicted molar refractivity (Wildman–Crippen MR) is 75.3 cm³/mol. The highest BCUT2D eigenvalue weighted by atomic mass is 16.1. The first-order valence-corrected chi connectivity index (χ1v) is 6.90. The summed E-state index contributed by atoms with van der Waals surface area (Å²) in [5, 5.41) is 16.7. The number of nitrogens with zero attached hydrogens (tertiary/aromatic N) is 6. The minimum Gasteiger partial charge on any atom is -0.330 e. The molecule has 0 saturated carbocycles. The van der Waals surface area contributed by atoms with Crippen LogP contribution in [0.15, 0.2) is 11.3 Å². The highest BCUT2D eigenvalue weighted by Crippen LogP contribution is 2.17. The lowest BCUT2D eigenvalue weighted by molar-refractivity contribution is 0.0994. The molecule has 9 nitrogen and oxygen atoms in total. The number of aromatic amines is 1. The molecule has 0 fully saturated rings. The van der Waals surface area contributed by atoms with E-state index < -0.39 is 0 Å². The molecule has 0 aromatic carbocycles. The Morgan fingerprint density at radius 1 is 1.29 bits per heavy atom. The van der Waals surface area contributed by atoms with Gasteiger partial charge in [-0.3, -0.25) is 9.79 Å². The number of tetrazole rings is 1. The van der Waals surface area contributed by atoms with Crippen LogP contribution in [-0.4, -0.2) is 48.8 Å². The number of ketones is 1. The van der Waals surface area contributed by atoms with Gasteiger partial charge < -0.3 is 9.88 Å². The van der Waals surface area contributed by atoms with Crippen molar-refractivity contribution in [2.45, 2.75) is 32.2 Å². The summed E-state index contributed by atoms with van der Waals surface area (Å²) < 4.78 is 1.90. The molecule has 1 aliphatic heterocycles. The van der Waals surface area contributed by atoms with Gasteiger partial charge in [0.25, 0.3) is 0 Å². The van der Waals surface area contributed by atoms with Crippen molar-refractivity contribution in [2.24, 2.45) is 4.99 Å². The fourth-order valence-electron chi connectivity index (χ4n) is 2.29. The Labute approximate surface area is 120 Å². The number of fused-ring (bicyclic) bond motifs is 1. The Bertz CT molecular complexity index is 630. The minimum absolute atomic E-state index is 0.00412. The standard InChI is InChI=1S/C12H16N8O/c21-9-6-13-7-14-12-11(9)20(8-15-12)5-3-1-2-4-10-16-18-19-17-10/h7-8H,1-6H2,(H,13,14)(H,16,17,18,19). The average molecular weight is 288 g/mol. The van der Waals surface area contributed by atoms with Gasteiger partial charge in [0.2, 0.25) is 5.78 Å². The fourth-order valence-corrected chi connectivity index (χ4v) is 2.29. The quantitative estimate of drug-likeness (QED) is 0.746. The van der Waals surface area contributed by atoms with Crippen molar-refractivity contribution in [2.75, 3.05) is 11.9 Å². The van der Waals surface area contributed by atoms with Crippen LogP contribution < -0.4 is 5.32 Å². The molecular formula is C12H16N8O. The van der Waals surface area contributed by atoms with Crippen LogP contribution >= 0.6 is 0 Å². The van der Waals surface area contributed by atoms with Gasteiger partial charge in [0, 0.05) is 13.0 Å². The second-order valence-corrected chi connectivity index (χ2v) is 4.81. The van der Waals surface area contributed by atoms with Gasteiger partial charge in [0.05, 0.1) is 12.7 Å². The summed E-state index contributed by atoms with van der Waals surface area (Å²) in [7, 11) is 0. The van der Waals surface area contributed by atoms with Gasteiger partial charge in [0.1, 0.15) is 12.2 Å². The SMILES string of the molecule is O=C1CN=CNc2ncn(CCCCCc3nn[nH]n3)c21. The molecule has 9 heteroatoms. The van der Waals surface area contributed by atoms with Gasteiger partial charge in [-0.05, 0) is 12.8 Å². The number of Topliss-reactive ketones (excluding diaryl/α,β-unsaturated/α-hetero) is 1. The Hall–Kier alpha value is -2.58. The van der Waals surface area contributed by atoms with E-state index in [1.165, 1.54) is 6.34 Å². The Kier molecular flexibility index (Phi) is 3.99. The van der Waals surface area contributed by atoms with Crippen LogP contribution in [-0.2, 0) is 13.0 Å². The summed E-state index contributed by atoms with van der Waals surface area (Å²) in [6, 6.07) is 0. The molecule has 21 heavy (non-hydrogen) atoms. The summed E-state index contributed by atoms with van der Waals surface area (Å²) >= 11 is 0. The summed E-state index contributed by atoms with van der Waals surface area (Å²) in [5.41, 5.74) is 0.616. The monoisotopic (exact) mass is 288 g/mol. The molecule has 0 saturated heterocycles. The molecule has 0 spiro atoms. The summed E-state index contributed by atoms with van der Waals surface area (Å²) in [4.78, 5) is 20.2. The van der Waals surface area contributed by atoms with Crippen molar-refractivity contribution in [3.8, 4) is 0 Å². The van der Waals surface area contributed by atoms with Crippen LogP contribution in [0.4, 0.5) is 5.82 Å². The molecule has 1 aliphatic rings. The molecule has 2 N–H and O–H groups in total. The van der Waals surface area contributed by atoms with E-state index in [1.54, 1.807) is 6.33 Å². The van der Waals surface area contributed by atoms with Crippen molar-refractivity contribution >= 4 is 17.9 Å². The number of unbranched alkanes of at least 4 members (excludes halogenated alkanes) is 2. The lowest BCUT2D eigenvalue weighted by atomic mass is 10.2. The van der Waals surface area contributed by atoms with Crippen LogP contribution in [0, 0.1) is 0 Å². The van der Waals surface area contributed by atoms with Gasteiger partial charge in [-0.15, -0.1) is 10.2 Å². The molecule has 2 aromatic rings. The molecule has 0 unspecified atom stereocenters. The third kappa shape index (κ3) is 3.12. The van der Waals surface area contributed by atoms with Crippen LogP contribution in [0.3, 0.4) is 0 Å². The first-order valence-electron chi connectivity index (χ1n) is 6.90. The van der Waals surface area contributed by atoms with E-state index in [1.807, 2.05) is 4.57 Å². The summed E-state index contributed by atoms with van der Waals surface area (Å²) in [5.74, 6) is 1.33. The van der Waals surface area contributed by atoms with Crippen molar-refractivity contribution in [3.05, 3.63) is 17.8 Å². The number of aryl methyl sites for hydroxylation is 2. The highest BCUT2D eigenvalue weighted by Gasteiger charge is 2.19. The van der Waals surface area contributed by atoms with Crippen molar-refractivity contribution in [1.82, 2.24) is 30.2 Å². The molecule has 0 aliphatic carbocycles. The van der Waals surface area contributed by atoms with Crippen molar-refractivity contribution < 1.29 is 4.79 Å². The number of hydrogen-bond acceptors (Lipinski definition) is 7. The van der Waals surface area contributed by atoms with Gasteiger partial charge in [-0.1, -0.05) is 11.6 Å². The molecule has 0 amide bonds. The Morgan fingerprint density at radius 3 is 3.10 bits per heavy atom. The van der Waals surface area contributed by atoms with E-state index in [9.17, 15) is 4.79 Å². The summed E-state index contributed by atoms with van der Waals surface area (Å²) in [6.07, 6.45) is 7.02. The molecule has 0 atom stereocenters. The highest BCUT2D eigenvalue weighted by molar-refractivity contribution is 6.04. The van der Waals surface area contributed by atoms with Gasteiger partial charge >= 0.3 is 0 Å². The number of imidazole rings is 1. The van der Waals surface area contributed by atoms with E-state index in [2.05, 4.69) is 35.9 Å². The van der Waals surface area contributed by atoms with E-state index in [0.717, 1.165) is 38.1 Å². The number of hydrogen-bond donors (Lipinski definition) is 2. The molecule has 110 valence electrons. The number of nitrogens with one attached hydrogen (secondary N) is 2. The number of carbonyl (C=O) groups excluding carboxylic acids is 1. The second kappa shape index (κ2) is 6.25. The maximum Gasteiger partial charge on any atom is 0.204 e. The van der Waals surface area contributed by atoms with Gasteiger partial charge in [-0.2, -0.15) is 5.21 Å². The number of H-pyrrole nitrogens is 1.